The van der Waals surface area contributed by atoms with Crippen LogP contribution < -0.4 is 0 Å². The van der Waals surface area contributed by atoms with Gasteiger partial charge in [-0.05, 0) is 70.8 Å². The molecular weight excluding hydrogens is 841 g/mol. The van der Waals surface area contributed by atoms with Crippen LogP contribution in [0.15, 0.2) is 243 Å². The van der Waals surface area contributed by atoms with Gasteiger partial charge in [0.2, 0.25) is 0 Å². The Bertz CT molecular complexity index is 3510. The molecule has 0 unspecified atom stereocenters. The molecule has 12 aromatic rings. The van der Waals surface area contributed by atoms with Crippen LogP contribution >= 0.6 is 0 Å². The lowest BCUT2D eigenvalue weighted by molar-refractivity contribution is 1.12. The number of benzene rings is 9. The van der Waals surface area contributed by atoms with Crippen LogP contribution in [0.3, 0.4) is 0 Å². The Morgan fingerprint density at radius 2 is 0.609 bits per heavy atom. The normalized spacial score (nSPS) is 11.2. The highest BCUT2D eigenvalue weighted by molar-refractivity contribution is 6.13. The largest absolute Gasteiger partial charge is 0.308 e. The molecule has 0 amide bonds. The summed E-state index contributed by atoms with van der Waals surface area (Å²) in [5.74, 6) is 0.922. The second-order valence-corrected chi connectivity index (χ2v) is 17.0. The Balaban J connectivity index is 1.23. The van der Waals surface area contributed by atoms with Gasteiger partial charge in [-0.25, -0.2) is 19.9 Å². The number of nitrogens with zero attached hydrogens (tertiary/aromatic N) is 6. The molecule has 0 saturated heterocycles. The van der Waals surface area contributed by atoms with E-state index in [0.717, 1.165) is 94.8 Å². The average molecular weight is 881 g/mol. The Morgan fingerprint density at radius 1 is 0.304 bits per heavy atom. The smallest absolute Gasteiger partial charge is 0.162 e. The van der Waals surface area contributed by atoms with E-state index in [2.05, 4.69) is 144 Å². The topological polar surface area (TPSA) is 80.3 Å². The summed E-state index contributed by atoms with van der Waals surface area (Å²) < 4.78 is 2.31. The highest BCUT2D eigenvalue weighted by atomic mass is 15.0. The maximum absolute atomic E-state index is 11.0. The van der Waals surface area contributed by atoms with Crippen molar-refractivity contribution in [3.63, 3.8) is 0 Å². The molecule has 69 heavy (non-hydrogen) atoms. The van der Waals surface area contributed by atoms with Crippen molar-refractivity contribution in [3.05, 3.63) is 248 Å². The van der Waals surface area contributed by atoms with Gasteiger partial charge in [0.15, 0.2) is 11.6 Å². The molecule has 0 aliphatic carbocycles. The summed E-state index contributed by atoms with van der Waals surface area (Å²) in [6.45, 7) is 0. The summed E-state index contributed by atoms with van der Waals surface area (Å²) in [5, 5.41) is 13.2. The maximum Gasteiger partial charge on any atom is 0.162 e. The minimum absolute atomic E-state index is 0.423. The molecule has 0 aliphatic rings. The molecule has 3 heterocycles. The minimum atomic E-state index is 0.423. The van der Waals surface area contributed by atoms with Crippen LogP contribution in [0.1, 0.15) is 5.56 Å². The number of nitriles is 1. The van der Waals surface area contributed by atoms with Gasteiger partial charge >= 0.3 is 0 Å². The molecule has 0 fully saturated rings. The fourth-order valence-electron chi connectivity index (χ4n) is 9.33. The lowest BCUT2D eigenvalue weighted by Gasteiger charge is -2.20. The summed E-state index contributed by atoms with van der Waals surface area (Å²) in [5.41, 5.74) is 15.7. The lowest BCUT2D eigenvalue weighted by Crippen LogP contribution is -2.06. The molecule has 6 heteroatoms. The number of fused-ring (bicyclic) bond motifs is 3. The van der Waals surface area contributed by atoms with Crippen LogP contribution in [0.5, 0.6) is 0 Å². The van der Waals surface area contributed by atoms with E-state index in [-0.39, 0.29) is 0 Å². The van der Waals surface area contributed by atoms with E-state index in [1.807, 2.05) is 109 Å². The second kappa shape index (κ2) is 17.7. The summed E-state index contributed by atoms with van der Waals surface area (Å²) in [4.78, 5) is 21.6. The SMILES string of the molecule is N#Cc1cc(-c2nc(-c3ccccc3)cc(-c3ccccc3)n2)c(-n2c3ccc(-c4ccccc4)cc3c3cc(-c4ccccc4)ccc32)c(-c2nc(-c3ccccc3)cc(-c3ccccc3)n2)c1. The maximum atomic E-state index is 11.0. The summed E-state index contributed by atoms with van der Waals surface area (Å²) >= 11 is 0. The monoisotopic (exact) mass is 880 g/mol. The van der Waals surface area contributed by atoms with E-state index in [1.165, 1.54) is 0 Å². The molecule has 0 saturated carbocycles. The Kier molecular flexibility index (Phi) is 10.5. The predicted octanol–water partition coefficient (Wildman–Crippen LogP) is 15.6. The Hall–Kier alpha value is -9.57. The first-order valence-corrected chi connectivity index (χ1v) is 22.9. The van der Waals surface area contributed by atoms with E-state index in [9.17, 15) is 5.26 Å². The second-order valence-electron chi connectivity index (χ2n) is 17.0. The average Bonchev–Trinajstić information content (AvgIpc) is 3.76. The van der Waals surface area contributed by atoms with Crippen molar-refractivity contribution in [1.29, 1.82) is 5.26 Å². The van der Waals surface area contributed by atoms with Crippen molar-refractivity contribution in [1.82, 2.24) is 24.5 Å². The van der Waals surface area contributed by atoms with Gasteiger partial charge in [0.05, 0.1) is 51.1 Å². The molecule has 6 nitrogen and oxygen atoms in total. The van der Waals surface area contributed by atoms with Gasteiger partial charge in [-0.3, -0.25) is 0 Å². The summed E-state index contributed by atoms with van der Waals surface area (Å²) in [6.07, 6.45) is 0. The van der Waals surface area contributed by atoms with Gasteiger partial charge in [-0.2, -0.15) is 5.26 Å². The van der Waals surface area contributed by atoms with Gasteiger partial charge in [-0.1, -0.05) is 194 Å². The third-order valence-electron chi connectivity index (χ3n) is 12.7. The van der Waals surface area contributed by atoms with Gasteiger partial charge in [0.1, 0.15) is 0 Å². The van der Waals surface area contributed by atoms with Crippen molar-refractivity contribution in [2.75, 3.05) is 0 Å². The molecule has 0 N–H and O–H groups in total. The van der Waals surface area contributed by atoms with E-state index >= 15 is 0 Å². The fraction of sp³-hybridized carbons (Fsp3) is 0. The first-order chi connectivity index (χ1) is 34.1. The summed E-state index contributed by atoms with van der Waals surface area (Å²) in [7, 11) is 0. The lowest BCUT2D eigenvalue weighted by atomic mass is 9.99. The van der Waals surface area contributed by atoms with Crippen molar-refractivity contribution < 1.29 is 0 Å². The van der Waals surface area contributed by atoms with Crippen LogP contribution in [0.2, 0.25) is 0 Å². The first kappa shape index (κ1) is 40.9. The first-order valence-electron chi connectivity index (χ1n) is 22.9. The van der Waals surface area contributed by atoms with Gasteiger partial charge in [0.25, 0.3) is 0 Å². The fourth-order valence-corrected chi connectivity index (χ4v) is 9.33. The highest BCUT2D eigenvalue weighted by Gasteiger charge is 2.26. The molecule has 12 rings (SSSR count). The molecule has 0 radical (unpaired) electrons. The predicted molar refractivity (Wildman–Crippen MR) is 280 cm³/mol. The van der Waals surface area contributed by atoms with Crippen molar-refractivity contribution in [2.24, 2.45) is 0 Å². The van der Waals surface area contributed by atoms with Crippen LogP contribution in [0, 0.1) is 11.3 Å². The van der Waals surface area contributed by atoms with Gasteiger partial charge < -0.3 is 4.57 Å². The van der Waals surface area contributed by atoms with E-state index < -0.39 is 0 Å². The van der Waals surface area contributed by atoms with Crippen molar-refractivity contribution in [3.8, 4) is 102 Å². The van der Waals surface area contributed by atoms with Crippen LogP contribution in [-0.4, -0.2) is 24.5 Å². The standard InChI is InChI=1S/C63H40N6/c64-41-42-35-53(62-65-55(45-23-11-3-12-24-45)39-56(66-62)46-25-13-4-14-26-46)61(54(36-42)63-67-57(47-27-15-5-16-28-47)40-58(68-63)48-29-17-6-18-30-48)69-59-33-31-49(43-19-7-1-8-20-43)37-51(59)52-38-50(32-34-60(52)69)44-21-9-2-10-22-44/h1-40H. The number of hydrogen-bond acceptors (Lipinski definition) is 5. The quantitative estimate of drug-likeness (QED) is 0.144. The zero-order valence-corrected chi connectivity index (χ0v) is 37.3. The van der Waals surface area contributed by atoms with Crippen molar-refractivity contribution in [2.45, 2.75) is 0 Å². The minimum Gasteiger partial charge on any atom is -0.308 e. The summed E-state index contributed by atoms with van der Waals surface area (Å²) in [6, 6.07) is 85.5. The van der Waals surface area contributed by atoms with E-state index in [1.54, 1.807) is 0 Å². The molecule has 9 aromatic carbocycles. The van der Waals surface area contributed by atoms with Gasteiger partial charge in [-0.15, -0.1) is 0 Å². The number of aromatic nitrogens is 5. The molecule has 0 atom stereocenters. The van der Waals surface area contributed by atoms with Crippen molar-refractivity contribution >= 4 is 21.8 Å². The molecular formula is C63H40N6. The molecule has 3 aromatic heterocycles. The van der Waals surface area contributed by atoms with Crippen LogP contribution in [-0.2, 0) is 0 Å². The Morgan fingerprint density at radius 3 is 0.913 bits per heavy atom. The van der Waals surface area contributed by atoms with E-state index in [4.69, 9.17) is 19.9 Å². The number of rotatable bonds is 9. The number of hydrogen-bond donors (Lipinski definition) is 0. The molecule has 0 spiro atoms. The third-order valence-corrected chi connectivity index (χ3v) is 12.7. The highest BCUT2D eigenvalue weighted by Crippen LogP contribution is 2.44. The molecule has 0 aliphatic heterocycles. The zero-order valence-electron chi connectivity index (χ0n) is 37.3. The molecule has 0 bridgehead atoms. The van der Waals surface area contributed by atoms with Gasteiger partial charge in [0, 0.05) is 44.2 Å². The van der Waals surface area contributed by atoms with Crippen LogP contribution in [0.4, 0.5) is 0 Å². The van der Waals surface area contributed by atoms with Crippen LogP contribution in [0.25, 0.3) is 118 Å². The molecule has 322 valence electrons. The van der Waals surface area contributed by atoms with E-state index in [0.29, 0.717) is 28.3 Å². The Labute approximate surface area is 399 Å². The zero-order chi connectivity index (χ0) is 46.1. The third kappa shape index (κ3) is 7.80.